The molecule has 0 saturated heterocycles. The summed E-state index contributed by atoms with van der Waals surface area (Å²) in [4.78, 5) is 11.8. The predicted octanol–water partition coefficient (Wildman–Crippen LogP) is 2.76. The zero-order valence-electron chi connectivity index (χ0n) is 11.6. The monoisotopic (exact) mass is 329 g/mol. The minimum atomic E-state index is -0.238. The molecule has 1 amide bonds. The Kier molecular flexibility index (Phi) is 7.22. The molecule has 0 fully saturated rings. The number of hydrogen-bond acceptors (Lipinski definition) is 4. The average Bonchev–Trinajstić information content (AvgIpc) is 2.93. The zero-order valence-corrected chi connectivity index (χ0v) is 13.1. The smallest absolute Gasteiger partial charge is 0.273 e. The number of carbonyl (C=O) groups excluding carboxylic acids is 1. The lowest BCUT2D eigenvalue weighted by atomic mass is 10.1. The van der Waals surface area contributed by atoms with E-state index in [1.807, 2.05) is 19.2 Å². The van der Waals surface area contributed by atoms with E-state index in [2.05, 4.69) is 15.8 Å². The summed E-state index contributed by atoms with van der Waals surface area (Å²) in [6.07, 6.45) is 0.862. The van der Waals surface area contributed by atoms with Gasteiger partial charge in [0.1, 0.15) is 0 Å². The molecule has 0 aliphatic heterocycles. The average molecular weight is 330 g/mol. The number of aromatic nitrogens is 1. The quantitative estimate of drug-likeness (QED) is 0.799. The third-order valence-electron chi connectivity index (χ3n) is 2.74. The summed E-state index contributed by atoms with van der Waals surface area (Å²) in [6, 6.07) is 8.81. The Morgan fingerprint density at radius 2 is 2.14 bits per heavy atom. The van der Waals surface area contributed by atoms with Gasteiger partial charge in [-0.2, -0.15) is 0 Å². The summed E-state index contributed by atoms with van der Waals surface area (Å²) in [7, 11) is 1.87. The fourth-order valence-electron chi connectivity index (χ4n) is 1.72. The van der Waals surface area contributed by atoms with E-state index >= 15 is 0 Å². The molecule has 0 spiro atoms. The van der Waals surface area contributed by atoms with Crippen LogP contribution in [0.4, 0.5) is 0 Å². The Morgan fingerprint density at radius 3 is 2.86 bits per heavy atom. The number of nitrogens with zero attached hydrogens (tertiary/aromatic N) is 1. The van der Waals surface area contributed by atoms with Gasteiger partial charge >= 0.3 is 0 Å². The molecule has 2 rings (SSSR count). The van der Waals surface area contributed by atoms with E-state index in [0.29, 0.717) is 17.3 Å². The molecule has 5 nitrogen and oxygen atoms in total. The van der Waals surface area contributed by atoms with Gasteiger partial charge in [0.2, 0.25) is 0 Å². The Labute approximate surface area is 134 Å². The minimum Gasteiger partial charge on any atom is -0.355 e. The van der Waals surface area contributed by atoms with Gasteiger partial charge < -0.3 is 15.2 Å². The van der Waals surface area contributed by atoms with Crippen molar-refractivity contribution in [1.82, 2.24) is 15.8 Å². The Hall–Kier alpha value is -1.56. The van der Waals surface area contributed by atoms with Gasteiger partial charge in [0.15, 0.2) is 11.5 Å². The van der Waals surface area contributed by atoms with Gasteiger partial charge in [-0.05, 0) is 32.1 Å². The number of rotatable bonds is 6. The highest BCUT2D eigenvalue weighted by molar-refractivity contribution is 6.30. The van der Waals surface area contributed by atoms with Crippen molar-refractivity contribution in [3.63, 3.8) is 0 Å². The largest absolute Gasteiger partial charge is 0.355 e. The van der Waals surface area contributed by atoms with Crippen molar-refractivity contribution in [2.45, 2.75) is 6.42 Å². The first kappa shape index (κ1) is 17.5. The predicted molar refractivity (Wildman–Crippen MR) is 85.1 cm³/mol. The first-order valence-corrected chi connectivity index (χ1v) is 6.74. The second-order valence-electron chi connectivity index (χ2n) is 4.30. The van der Waals surface area contributed by atoms with Gasteiger partial charge in [0, 0.05) is 23.2 Å². The van der Waals surface area contributed by atoms with Crippen molar-refractivity contribution in [3.8, 4) is 11.3 Å². The van der Waals surface area contributed by atoms with Crippen LogP contribution in [-0.4, -0.2) is 31.2 Å². The van der Waals surface area contributed by atoms with Crippen molar-refractivity contribution < 1.29 is 9.32 Å². The van der Waals surface area contributed by atoms with E-state index in [1.54, 1.807) is 18.2 Å². The lowest BCUT2D eigenvalue weighted by molar-refractivity contribution is 0.0944. The lowest BCUT2D eigenvalue weighted by Gasteiger charge is -2.01. The van der Waals surface area contributed by atoms with E-state index < -0.39 is 0 Å². The molecular weight excluding hydrogens is 313 g/mol. The van der Waals surface area contributed by atoms with E-state index in [9.17, 15) is 4.79 Å². The molecule has 2 N–H and O–H groups in total. The molecule has 0 radical (unpaired) electrons. The van der Waals surface area contributed by atoms with Crippen LogP contribution in [0.2, 0.25) is 5.02 Å². The standard InChI is InChI=1S/C14H16ClN3O2.ClH/c1-16-6-3-7-17-14(19)12-9-13(20-18-12)10-4-2-5-11(15)8-10;/h2,4-5,8-9,16H,3,6-7H2,1H3,(H,17,19);1H. The number of carbonyl (C=O) groups is 1. The molecule has 0 atom stereocenters. The van der Waals surface area contributed by atoms with Crippen LogP contribution in [0.25, 0.3) is 11.3 Å². The number of amides is 1. The van der Waals surface area contributed by atoms with E-state index in [1.165, 1.54) is 0 Å². The molecule has 0 saturated carbocycles. The van der Waals surface area contributed by atoms with Crippen molar-refractivity contribution in [1.29, 1.82) is 0 Å². The molecule has 0 aliphatic carbocycles. The summed E-state index contributed by atoms with van der Waals surface area (Å²) < 4.78 is 5.17. The fourth-order valence-corrected chi connectivity index (χ4v) is 1.91. The summed E-state index contributed by atoms with van der Waals surface area (Å²) in [5.41, 5.74) is 1.06. The van der Waals surface area contributed by atoms with Gasteiger partial charge in [-0.25, -0.2) is 0 Å². The van der Waals surface area contributed by atoms with Crippen molar-refractivity contribution in [2.24, 2.45) is 0 Å². The van der Waals surface area contributed by atoms with Gasteiger partial charge in [0.05, 0.1) is 0 Å². The SMILES string of the molecule is CNCCCNC(=O)c1cc(-c2cccc(Cl)c2)on1.Cl. The second-order valence-corrected chi connectivity index (χ2v) is 4.74. The van der Waals surface area contributed by atoms with Crippen LogP contribution in [0, 0.1) is 0 Å². The number of nitrogens with one attached hydrogen (secondary N) is 2. The third-order valence-corrected chi connectivity index (χ3v) is 2.98. The van der Waals surface area contributed by atoms with Crippen LogP contribution in [0.15, 0.2) is 34.9 Å². The molecule has 0 unspecified atom stereocenters. The zero-order chi connectivity index (χ0) is 14.4. The van der Waals surface area contributed by atoms with Gasteiger partial charge in [-0.3, -0.25) is 4.79 Å². The molecule has 7 heteroatoms. The maximum atomic E-state index is 11.8. The van der Waals surface area contributed by atoms with Crippen LogP contribution in [-0.2, 0) is 0 Å². The van der Waals surface area contributed by atoms with Gasteiger partial charge in [0.25, 0.3) is 5.91 Å². The Bertz CT molecular complexity index is 587. The number of hydrogen-bond donors (Lipinski definition) is 2. The molecule has 1 aromatic heterocycles. The molecule has 114 valence electrons. The van der Waals surface area contributed by atoms with Crippen molar-refractivity contribution >= 4 is 29.9 Å². The maximum Gasteiger partial charge on any atom is 0.273 e. The molecule has 1 heterocycles. The topological polar surface area (TPSA) is 67.2 Å². The Balaban J connectivity index is 0.00000220. The Morgan fingerprint density at radius 1 is 1.33 bits per heavy atom. The molecule has 21 heavy (non-hydrogen) atoms. The van der Waals surface area contributed by atoms with Crippen LogP contribution < -0.4 is 10.6 Å². The summed E-state index contributed by atoms with van der Waals surface area (Å²) in [5, 5.41) is 10.2. The second kappa shape index (κ2) is 8.67. The maximum absolute atomic E-state index is 11.8. The van der Waals surface area contributed by atoms with Gasteiger partial charge in [-0.1, -0.05) is 28.9 Å². The van der Waals surface area contributed by atoms with E-state index in [-0.39, 0.29) is 24.0 Å². The van der Waals surface area contributed by atoms with Crippen LogP contribution in [0.5, 0.6) is 0 Å². The first-order chi connectivity index (χ1) is 9.70. The highest BCUT2D eigenvalue weighted by Gasteiger charge is 2.13. The highest BCUT2D eigenvalue weighted by Crippen LogP contribution is 2.23. The minimum absolute atomic E-state index is 0. The van der Waals surface area contributed by atoms with Crippen molar-refractivity contribution in [2.75, 3.05) is 20.1 Å². The van der Waals surface area contributed by atoms with Crippen LogP contribution in [0.3, 0.4) is 0 Å². The molecular formula is C14H17Cl2N3O2. The first-order valence-electron chi connectivity index (χ1n) is 6.36. The normalized spacial score (nSPS) is 10.0. The van der Waals surface area contributed by atoms with E-state index in [4.69, 9.17) is 16.1 Å². The van der Waals surface area contributed by atoms with E-state index in [0.717, 1.165) is 18.5 Å². The molecule has 0 bridgehead atoms. The molecule has 2 aromatic rings. The summed E-state index contributed by atoms with van der Waals surface area (Å²) >= 11 is 5.92. The number of halogens is 2. The fraction of sp³-hybridized carbons (Fsp3) is 0.286. The molecule has 0 aliphatic rings. The van der Waals surface area contributed by atoms with Gasteiger partial charge in [-0.15, -0.1) is 12.4 Å². The summed E-state index contributed by atoms with van der Waals surface area (Å²) in [5.74, 6) is 0.283. The highest BCUT2D eigenvalue weighted by atomic mass is 35.5. The van der Waals surface area contributed by atoms with Crippen molar-refractivity contribution in [3.05, 3.63) is 41.0 Å². The third kappa shape index (κ3) is 5.04. The summed E-state index contributed by atoms with van der Waals surface area (Å²) in [6.45, 7) is 1.45. The van der Waals surface area contributed by atoms with Crippen LogP contribution in [0.1, 0.15) is 16.9 Å². The van der Waals surface area contributed by atoms with Crippen LogP contribution >= 0.6 is 24.0 Å². The number of benzene rings is 1. The lowest BCUT2D eigenvalue weighted by Crippen LogP contribution is -2.26. The molecule has 1 aromatic carbocycles.